The predicted octanol–water partition coefficient (Wildman–Crippen LogP) is 0.816. The second kappa shape index (κ2) is 5.99. The number of benzene rings is 1. The Balaban J connectivity index is 2.30. The van der Waals surface area contributed by atoms with Crippen LogP contribution >= 0.6 is 0 Å². The van der Waals surface area contributed by atoms with Gasteiger partial charge in [-0.2, -0.15) is 4.31 Å². The van der Waals surface area contributed by atoms with E-state index in [9.17, 15) is 8.42 Å². The van der Waals surface area contributed by atoms with E-state index in [1.165, 1.54) is 30.7 Å². The summed E-state index contributed by atoms with van der Waals surface area (Å²) < 4.78 is 36.8. The number of rotatable bonds is 4. The molecule has 0 spiro atoms. The van der Waals surface area contributed by atoms with E-state index < -0.39 is 10.0 Å². The van der Waals surface area contributed by atoms with Gasteiger partial charge in [-0.05, 0) is 25.0 Å². The van der Waals surface area contributed by atoms with Gasteiger partial charge < -0.3 is 15.2 Å². The Labute approximate surface area is 119 Å². The molecule has 112 valence electrons. The van der Waals surface area contributed by atoms with Gasteiger partial charge in [-0.15, -0.1) is 0 Å². The monoisotopic (exact) mass is 300 g/mol. The molecule has 0 atom stereocenters. The zero-order valence-electron chi connectivity index (χ0n) is 11.7. The first-order valence-electron chi connectivity index (χ1n) is 6.47. The fourth-order valence-corrected chi connectivity index (χ4v) is 3.73. The first-order chi connectivity index (χ1) is 9.48. The Kier molecular flexibility index (Phi) is 4.52. The summed E-state index contributed by atoms with van der Waals surface area (Å²) in [6.07, 6.45) is 1.37. The number of nitrogens with zero attached hydrogens (tertiary/aromatic N) is 1. The molecule has 0 amide bonds. The molecule has 1 aliphatic heterocycles. The molecule has 7 heteroatoms. The van der Waals surface area contributed by atoms with Gasteiger partial charge in [0.2, 0.25) is 10.0 Å². The molecule has 1 aromatic carbocycles. The van der Waals surface area contributed by atoms with Crippen molar-refractivity contribution in [3.05, 3.63) is 18.2 Å². The molecule has 0 saturated carbocycles. The average molecular weight is 300 g/mol. The van der Waals surface area contributed by atoms with Crippen molar-refractivity contribution >= 4 is 10.0 Å². The van der Waals surface area contributed by atoms with Crippen molar-refractivity contribution in [3.8, 4) is 11.5 Å². The van der Waals surface area contributed by atoms with Gasteiger partial charge in [0.05, 0.1) is 19.1 Å². The summed E-state index contributed by atoms with van der Waals surface area (Å²) in [7, 11) is -0.509. The summed E-state index contributed by atoms with van der Waals surface area (Å²) in [6, 6.07) is 4.71. The number of hydrogen-bond donors (Lipinski definition) is 1. The molecule has 0 aliphatic carbocycles. The van der Waals surface area contributed by atoms with Crippen LogP contribution in [0.2, 0.25) is 0 Å². The van der Waals surface area contributed by atoms with Crippen molar-refractivity contribution in [1.82, 2.24) is 4.31 Å². The van der Waals surface area contributed by atoms with Crippen LogP contribution in [-0.2, 0) is 10.0 Å². The predicted molar refractivity (Wildman–Crippen MR) is 75.5 cm³/mol. The Morgan fingerprint density at radius 1 is 1.15 bits per heavy atom. The third-order valence-electron chi connectivity index (χ3n) is 3.49. The van der Waals surface area contributed by atoms with Gasteiger partial charge in [-0.3, -0.25) is 0 Å². The largest absolute Gasteiger partial charge is 0.493 e. The summed E-state index contributed by atoms with van der Waals surface area (Å²) >= 11 is 0. The van der Waals surface area contributed by atoms with Crippen molar-refractivity contribution in [3.63, 3.8) is 0 Å². The summed E-state index contributed by atoms with van der Waals surface area (Å²) in [5.74, 6) is 0.911. The number of ether oxygens (including phenoxy) is 2. The summed E-state index contributed by atoms with van der Waals surface area (Å²) in [6.45, 7) is 0.912. The molecule has 1 fully saturated rings. The van der Waals surface area contributed by atoms with Crippen molar-refractivity contribution in [2.24, 2.45) is 5.73 Å². The third kappa shape index (κ3) is 2.89. The number of methoxy groups -OCH3 is 2. The lowest BCUT2D eigenvalue weighted by atomic mass is 10.1. The van der Waals surface area contributed by atoms with E-state index in [2.05, 4.69) is 0 Å². The molecular formula is C13H20N2O4S. The van der Waals surface area contributed by atoms with E-state index in [1.807, 2.05) is 0 Å². The fraction of sp³-hybridized carbons (Fsp3) is 0.538. The summed E-state index contributed by atoms with van der Waals surface area (Å²) in [5.41, 5.74) is 5.80. The smallest absolute Gasteiger partial charge is 0.243 e. The van der Waals surface area contributed by atoms with Crippen LogP contribution < -0.4 is 15.2 Å². The van der Waals surface area contributed by atoms with Crippen molar-refractivity contribution < 1.29 is 17.9 Å². The van der Waals surface area contributed by atoms with E-state index in [-0.39, 0.29) is 10.9 Å². The van der Waals surface area contributed by atoms with Gasteiger partial charge in [0.1, 0.15) is 0 Å². The van der Waals surface area contributed by atoms with Crippen LogP contribution in [0.4, 0.5) is 0 Å². The van der Waals surface area contributed by atoms with E-state index in [1.54, 1.807) is 6.07 Å². The SMILES string of the molecule is COc1ccc(S(=O)(=O)N2CCC(N)CC2)cc1OC. The third-order valence-corrected chi connectivity index (χ3v) is 5.39. The standard InChI is InChI=1S/C13H20N2O4S/c1-18-12-4-3-11(9-13(12)19-2)20(16,17)15-7-5-10(14)6-8-15/h3-4,9-10H,5-8,14H2,1-2H3. The van der Waals surface area contributed by atoms with Crippen LogP contribution in [0.1, 0.15) is 12.8 Å². The topological polar surface area (TPSA) is 81.9 Å². The Bertz CT molecular complexity index is 566. The highest BCUT2D eigenvalue weighted by atomic mass is 32.2. The van der Waals surface area contributed by atoms with Gasteiger partial charge in [0, 0.05) is 25.2 Å². The minimum Gasteiger partial charge on any atom is -0.493 e. The first kappa shape index (κ1) is 15.1. The van der Waals surface area contributed by atoms with E-state index in [0.717, 1.165) is 0 Å². The first-order valence-corrected chi connectivity index (χ1v) is 7.91. The van der Waals surface area contributed by atoms with Gasteiger partial charge in [0.25, 0.3) is 0 Å². The quantitative estimate of drug-likeness (QED) is 0.890. The number of sulfonamides is 1. The van der Waals surface area contributed by atoms with Gasteiger partial charge in [0.15, 0.2) is 11.5 Å². The molecule has 0 aromatic heterocycles. The van der Waals surface area contributed by atoms with Crippen molar-refractivity contribution in [2.75, 3.05) is 27.3 Å². The zero-order chi connectivity index (χ0) is 14.8. The Hall–Kier alpha value is -1.31. The van der Waals surface area contributed by atoms with Crippen molar-refractivity contribution in [2.45, 2.75) is 23.8 Å². The minimum atomic E-state index is -3.50. The van der Waals surface area contributed by atoms with Crippen LogP contribution in [-0.4, -0.2) is 46.1 Å². The minimum absolute atomic E-state index is 0.0897. The van der Waals surface area contributed by atoms with Crippen LogP contribution in [0.25, 0.3) is 0 Å². The van der Waals surface area contributed by atoms with Gasteiger partial charge in [-0.25, -0.2) is 8.42 Å². The number of hydrogen-bond acceptors (Lipinski definition) is 5. The molecule has 1 saturated heterocycles. The molecule has 6 nitrogen and oxygen atoms in total. The normalized spacial score (nSPS) is 17.9. The van der Waals surface area contributed by atoms with Crippen LogP contribution in [0.5, 0.6) is 11.5 Å². The fourth-order valence-electron chi connectivity index (χ4n) is 2.24. The molecule has 0 radical (unpaired) electrons. The van der Waals surface area contributed by atoms with Crippen LogP contribution in [0.15, 0.2) is 23.1 Å². The second-order valence-electron chi connectivity index (χ2n) is 4.76. The molecule has 0 bridgehead atoms. The molecule has 1 heterocycles. The Morgan fingerprint density at radius 3 is 2.30 bits per heavy atom. The molecule has 0 unspecified atom stereocenters. The van der Waals surface area contributed by atoms with E-state index in [0.29, 0.717) is 37.4 Å². The van der Waals surface area contributed by atoms with E-state index >= 15 is 0 Å². The molecule has 1 aliphatic rings. The summed E-state index contributed by atoms with van der Waals surface area (Å²) in [4.78, 5) is 0.214. The highest BCUT2D eigenvalue weighted by Crippen LogP contribution is 2.31. The second-order valence-corrected chi connectivity index (χ2v) is 6.70. The zero-order valence-corrected chi connectivity index (χ0v) is 12.5. The lowest BCUT2D eigenvalue weighted by Gasteiger charge is -2.29. The number of nitrogens with two attached hydrogens (primary N) is 1. The summed E-state index contributed by atoms with van der Waals surface area (Å²) in [5, 5.41) is 0. The van der Waals surface area contributed by atoms with Gasteiger partial charge in [-0.1, -0.05) is 0 Å². The van der Waals surface area contributed by atoms with Gasteiger partial charge >= 0.3 is 0 Å². The maximum Gasteiger partial charge on any atom is 0.243 e. The van der Waals surface area contributed by atoms with Crippen LogP contribution in [0, 0.1) is 0 Å². The Morgan fingerprint density at radius 2 is 1.75 bits per heavy atom. The maximum absolute atomic E-state index is 12.6. The van der Waals surface area contributed by atoms with E-state index in [4.69, 9.17) is 15.2 Å². The lowest BCUT2D eigenvalue weighted by Crippen LogP contribution is -2.42. The highest BCUT2D eigenvalue weighted by Gasteiger charge is 2.28. The highest BCUT2D eigenvalue weighted by molar-refractivity contribution is 7.89. The average Bonchev–Trinajstić information content (AvgIpc) is 2.46. The molecular weight excluding hydrogens is 280 g/mol. The molecule has 2 N–H and O–H groups in total. The number of piperidine rings is 1. The molecule has 20 heavy (non-hydrogen) atoms. The van der Waals surface area contributed by atoms with Crippen LogP contribution in [0.3, 0.4) is 0 Å². The molecule has 2 rings (SSSR count). The molecule has 1 aromatic rings. The maximum atomic E-state index is 12.6. The lowest BCUT2D eigenvalue weighted by molar-refractivity contribution is 0.319. The van der Waals surface area contributed by atoms with Crippen molar-refractivity contribution in [1.29, 1.82) is 0 Å².